The molecule has 0 unspecified atom stereocenters. The highest BCUT2D eigenvalue weighted by Crippen LogP contribution is 2.40. The van der Waals surface area contributed by atoms with Gasteiger partial charge in [0.1, 0.15) is 6.10 Å². The van der Waals surface area contributed by atoms with Crippen molar-refractivity contribution in [3.8, 4) is 0 Å². The van der Waals surface area contributed by atoms with Crippen molar-refractivity contribution < 1.29 is 24.9 Å². The molecule has 0 radical (unpaired) electrons. The number of carbonyl (C=O) groups excluding carboxylic acids is 1. The van der Waals surface area contributed by atoms with Crippen molar-refractivity contribution in [1.82, 2.24) is 0 Å². The van der Waals surface area contributed by atoms with Gasteiger partial charge in [-0.15, -0.1) is 0 Å². The van der Waals surface area contributed by atoms with Crippen molar-refractivity contribution in [2.24, 2.45) is 0 Å². The van der Waals surface area contributed by atoms with Gasteiger partial charge in [-0.05, 0) is 6.92 Å². The van der Waals surface area contributed by atoms with Crippen LogP contribution in [0.15, 0.2) is 103 Å². The predicted octanol–water partition coefficient (Wildman–Crippen LogP) is 3.43. The minimum atomic E-state index is -1.03. The number of hydrogen-bond donors (Lipinski definition) is 3. The molecule has 3 aromatic rings. The summed E-state index contributed by atoms with van der Waals surface area (Å²) in [6.45, 7) is 4.68. The Morgan fingerprint density at radius 3 is 1.35 bits per heavy atom. The Morgan fingerprint density at radius 2 is 1.13 bits per heavy atom. The zero-order valence-corrected chi connectivity index (χ0v) is 17.5. The summed E-state index contributed by atoms with van der Waals surface area (Å²) in [6, 6.07) is 29.4. The third kappa shape index (κ3) is 6.12. The Morgan fingerprint density at radius 1 is 0.806 bits per heavy atom. The number of aliphatic hydroxyl groups is 3. The van der Waals surface area contributed by atoms with Crippen LogP contribution in [0.2, 0.25) is 0 Å². The molecule has 0 heterocycles. The number of esters is 1. The molecular formula is C26H28O5. The molecule has 0 atom stereocenters. The van der Waals surface area contributed by atoms with E-state index >= 15 is 0 Å². The van der Waals surface area contributed by atoms with Crippen LogP contribution in [-0.2, 0) is 15.1 Å². The highest BCUT2D eigenvalue weighted by atomic mass is 16.6. The second-order valence-corrected chi connectivity index (χ2v) is 6.97. The van der Waals surface area contributed by atoms with E-state index in [4.69, 9.17) is 20.1 Å². The van der Waals surface area contributed by atoms with Crippen LogP contribution in [0.3, 0.4) is 0 Å². The summed E-state index contributed by atoms with van der Waals surface area (Å²) in [6.07, 6.45) is -0.954. The molecule has 0 fully saturated rings. The van der Waals surface area contributed by atoms with Gasteiger partial charge in [0, 0.05) is 22.3 Å². The Bertz CT molecular complexity index is 839. The topological polar surface area (TPSA) is 87.0 Å². The lowest BCUT2D eigenvalue weighted by Gasteiger charge is -2.35. The SMILES string of the molecule is C=C(C)C(=O)OC(c1ccccc1)(c1ccccc1)c1ccccc1.OCC(O)CO. The second kappa shape index (κ2) is 11.8. The zero-order valence-electron chi connectivity index (χ0n) is 17.5. The first-order chi connectivity index (χ1) is 15.0. The maximum absolute atomic E-state index is 12.6. The van der Waals surface area contributed by atoms with Gasteiger partial charge in [-0.3, -0.25) is 0 Å². The highest BCUT2D eigenvalue weighted by molar-refractivity contribution is 5.88. The quantitative estimate of drug-likeness (QED) is 0.310. The standard InChI is InChI=1S/C23H20O2.C3H8O3/c1-18(2)22(24)25-23(19-12-6-3-7-13-19,20-14-8-4-9-15-20)21-16-10-5-11-17-21;4-1-3(6)2-5/h3-17H,1H2,2H3;3-6H,1-2H2. The molecule has 0 aliphatic heterocycles. The summed E-state index contributed by atoms with van der Waals surface area (Å²) in [4.78, 5) is 12.6. The van der Waals surface area contributed by atoms with Gasteiger partial charge in [0.15, 0.2) is 5.60 Å². The van der Waals surface area contributed by atoms with Gasteiger partial charge in [0.05, 0.1) is 13.2 Å². The fraction of sp³-hybridized carbons (Fsp3) is 0.192. The van der Waals surface area contributed by atoms with E-state index < -0.39 is 17.7 Å². The monoisotopic (exact) mass is 420 g/mol. The summed E-state index contributed by atoms with van der Waals surface area (Å²) in [5.74, 6) is -0.420. The Hall–Kier alpha value is -3.25. The maximum atomic E-state index is 12.6. The molecule has 3 rings (SSSR count). The molecule has 0 aliphatic carbocycles. The first-order valence-corrected chi connectivity index (χ1v) is 9.91. The number of hydrogen-bond acceptors (Lipinski definition) is 5. The second-order valence-electron chi connectivity index (χ2n) is 6.97. The molecule has 162 valence electrons. The van der Waals surface area contributed by atoms with Crippen LogP contribution >= 0.6 is 0 Å². The highest BCUT2D eigenvalue weighted by Gasteiger charge is 2.40. The van der Waals surface area contributed by atoms with E-state index in [0.717, 1.165) is 16.7 Å². The van der Waals surface area contributed by atoms with Crippen molar-refractivity contribution in [1.29, 1.82) is 0 Å². The lowest BCUT2D eigenvalue weighted by Crippen LogP contribution is -2.35. The van der Waals surface area contributed by atoms with E-state index in [2.05, 4.69) is 6.58 Å². The lowest BCUT2D eigenvalue weighted by molar-refractivity contribution is -0.148. The van der Waals surface area contributed by atoms with Crippen LogP contribution < -0.4 is 0 Å². The summed E-state index contributed by atoms with van der Waals surface area (Å²) >= 11 is 0. The summed E-state index contributed by atoms with van der Waals surface area (Å²) in [5.41, 5.74) is 2.01. The van der Waals surface area contributed by atoms with Gasteiger partial charge in [-0.2, -0.15) is 0 Å². The molecule has 5 nitrogen and oxygen atoms in total. The fourth-order valence-electron chi connectivity index (χ4n) is 2.98. The molecule has 0 spiro atoms. The third-order valence-electron chi connectivity index (χ3n) is 4.56. The van der Waals surface area contributed by atoms with Crippen molar-refractivity contribution in [3.05, 3.63) is 120 Å². The molecule has 3 aromatic carbocycles. The predicted molar refractivity (Wildman–Crippen MR) is 120 cm³/mol. The summed E-state index contributed by atoms with van der Waals surface area (Å²) in [5, 5.41) is 24.0. The van der Waals surface area contributed by atoms with Gasteiger partial charge in [-0.25, -0.2) is 4.79 Å². The van der Waals surface area contributed by atoms with Crippen LogP contribution in [0.1, 0.15) is 23.6 Å². The largest absolute Gasteiger partial charge is 0.441 e. The summed E-state index contributed by atoms with van der Waals surface area (Å²) < 4.78 is 6.12. The van der Waals surface area contributed by atoms with Crippen molar-refractivity contribution >= 4 is 5.97 Å². The first-order valence-electron chi connectivity index (χ1n) is 9.91. The number of ether oxygens (including phenoxy) is 1. The van der Waals surface area contributed by atoms with Gasteiger partial charge < -0.3 is 20.1 Å². The van der Waals surface area contributed by atoms with E-state index in [9.17, 15) is 4.79 Å². The molecule has 5 heteroatoms. The van der Waals surface area contributed by atoms with E-state index in [0.29, 0.717) is 5.57 Å². The fourth-order valence-corrected chi connectivity index (χ4v) is 2.98. The lowest BCUT2D eigenvalue weighted by atomic mass is 9.80. The minimum Gasteiger partial charge on any atom is -0.441 e. The molecule has 0 amide bonds. The number of rotatable bonds is 7. The van der Waals surface area contributed by atoms with Crippen LogP contribution in [0.5, 0.6) is 0 Å². The van der Waals surface area contributed by atoms with Gasteiger partial charge in [0.2, 0.25) is 0 Å². The van der Waals surface area contributed by atoms with Gasteiger partial charge in [-0.1, -0.05) is 97.6 Å². The Kier molecular flexibility index (Phi) is 9.15. The third-order valence-corrected chi connectivity index (χ3v) is 4.56. The molecule has 0 aliphatic rings. The minimum absolute atomic E-state index is 0.365. The van der Waals surface area contributed by atoms with Crippen molar-refractivity contribution in [3.63, 3.8) is 0 Å². The molecule has 31 heavy (non-hydrogen) atoms. The van der Waals surface area contributed by atoms with E-state index in [1.54, 1.807) is 6.92 Å². The average molecular weight is 421 g/mol. The van der Waals surface area contributed by atoms with Crippen LogP contribution in [0.25, 0.3) is 0 Å². The summed E-state index contributed by atoms with van der Waals surface area (Å²) in [7, 11) is 0. The van der Waals surface area contributed by atoms with Crippen molar-refractivity contribution in [2.75, 3.05) is 13.2 Å². The van der Waals surface area contributed by atoms with E-state index in [-0.39, 0.29) is 13.2 Å². The van der Waals surface area contributed by atoms with Crippen molar-refractivity contribution in [2.45, 2.75) is 18.6 Å². The molecular weight excluding hydrogens is 392 g/mol. The van der Waals surface area contributed by atoms with Crippen LogP contribution in [-0.4, -0.2) is 40.6 Å². The smallest absolute Gasteiger partial charge is 0.334 e. The maximum Gasteiger partial charge on any atom is 0.334 e. The number of aliphatic hydroxyl groups excluding tert-OH is 3. The normalized spacial score (nSPS) is 10.7. The van der Waals surface area contributed by atoms with E-state index in [1.807, 2.05) is 91.0 Å². The molecule has 0 saturated carbocycles. The molecule has 0 bridgehead atoms. The molecule has 3 N–H and O–H groups in total. The first kappa shape index (κ1) is 24.0. The zero-order chi connectivity index (χ0) is 22.7. The Balaban J connectivity index is 0.000000501. The number of benzene rings is 3. The van der Waals surface area contributed by atoms with Crippen LogP contribution in [0.4, 0.5) is 0 Å². The Labute approximate surface area is 182 Å². The average Bonchev–Trinajstić information content (AvgIpc) is 2.83. The van der Waals surface area contributed by atoms with Gasteiger partial charge in [0.25, 0.3) is 0 Å². The molecule has 0 aromatic heterocycles. The molecule has 0 saturated heterocycles. The van der Waals surface area contributed by atoms with Gasteiger partial charge >= 0.3 is 5.97 Å². The number of carbonyl (C=O) groups is 1. The van der Waals surface area contributed by atoms with Crippen LogP contribution in [0, 0.1) is 0 Å². The van der Waals surface area contributed by atoms with E-state index in [1.165, 1.54) is 0 Å².